The second-order valence-electron chi connectivity index (χ2n) is 4.16. The van der Waals surface area contributed by atoms with Gasteiger partial charge in [-0.25, -0.2) is 9.78 Å². The van der Waals surface area contributed by atoms with Gasteiger partial charge in [-0.05, 0) is 17.7 Å². The van der Waals surface area contributed by atoms with E-state index in [1.807, 2.05) is 11.4 Å². The minimum atomic E-state index is -0.901. The van der Waals surface area contributed by atoms with Gasteiger partial charge in [-0.3, -0.25) is 0 Å². The zero-order valence-electron chi connectivity index (χ0n) is 10.6. The molecule has 19 heavy (non-hydrogen) atoms. The maximum atomic E-state index is 10.9. The highest BCUT2D eigenvalue weighted by molar-refractivity contribution is 7.09. The molecule has 0 atom stereocenters. The standard InChI is InChI=1S/C14H15NO3S/c1-18-6-5-12-9-19-13(15-12)8-10-3-2-4-11(7-10)14(16)17/h2-4,7,9H,5-6,8H2,1H3,(H,16,17). The van der Waals surface area contributed by atoms with E-state index in [1.165, 1.54) is 0 Å². The number of carbonyl (C=O) groups is 1. The Labute approximate surface area is 115 Å². The van der Waals surface area contributed by atoms with E-state index in [9.17, 15) is 4.79 Å². The number of nitrogens with zero attached hydrogens (tertiary/aromatic N) is 1. The van der Waals surface area contributed by atoms with Crippen LogP contribution in [0.1, 0.15) is 26.6 Å². The zero-order valence-corrected chi connectivity index (χ0v) is 11.4. The van der Waals surface area contributed by atoms with Crippen LogP contribution in [0.3, 0.4) is 0 Å². The van der Waals surface area contributed by atoms with Crippen LogP contribution in [0.5, 0.6) is 0 Å². The van der Waals surface area contributed by atoms with Crippen molar-refractivity contribution in [3.8, 4) is 0 Å². The number of carboxylic acids is 1. The first kappa shape index (κ1) is 13.7. The number of hydrogen-bond donors (Lipinski definition) is 1. The minimum Gasteiger partial charge on any atom is -0.478 e. The molecule has 0 saturated heterocycles. The van der Waals surface area contributed by atoms with E-state index >= 15 is 0 Å². The molecule has 0 radical (unpaired) electrons. The van der Waals surface area contributed by atoms with E-state index in [0.717, 1.165) is 22.7 Å². The second kappa shape index (κ2) is 6.45. The van der Waals surface area contributed by atoms with Gasteiger partial charge < -0.3 is 9.84 Å². The highest BCUT2D eigenvalue weighted by atomic mass is 32.1. The van der Waals surface area contributed by atoms with Crippen molar-refractivity contribution in [2.75, 3.05) is 13.7 Å². The smallest absolute Gasteiger partial charge is 0.335 e. The number of benzene rings is 1. The Kier molecular flexibility index (Phi) is 4.65. The summed E-state index contributed by atoms with van der Waals surface area (Å²) >= 11 is 1.59. The largest absolute Gasteiger partial charge is 0.478 e. The van der Waals surface area contributed by atoms with Gasteiger partial charge in [0.2, 0.25) is 0 Å². The summed E-state index contributed by atoms with van der Waals surface area (Å²) in [6.45, 7) is 0.664. The van der Waals surface area contributed by atoms with Crippen LogP contribution in [-0.4, -0.2) is 29.8 Å². The van der Waals surface area contributed by atoms with Crippen LogP contribution in [0.2, 0.25) is 0 Å². The monoisotopic (exact) mass is 277 g/mol. The second-order valence-corrected chi connectivity index (χ2v) is 5.10. The van der Waals surface area contributed by atoms with Crippen LogP contribution in [0, 0.1) is 0 Å². The molecular formula is C14H15NO3S. The first-order chi connectivity index (χ1) is 9.19. The lowest BCUT2D eigenvalue weighted by atomic mass is 10.1. The highest BCUT2D eigenvalue weighted by Gasteiger charge is 2.06. The third-order valence-corrected chi connectivity index (χ3v) is 3.59. The molecule has 100 valence electrons. The molecule has 0 amide bonds. The van der Waals surface area contributed by atoms with Crippen molar-refractivity contribution >= 4 is 17.3 Å². The predicted molar refractivity (Wildman–Crippen MR) is 73.9 cm³/mol. The lowest BCUT2D eigenvalue weighted by Gasteiger charge is -2.00. The van der Waals surface area contributed by atoms with E-state index in [-0.39, 0.29) is 0 Å². The molecule has 0 spiro atoms. The summed E-state index contributed by atoms with van der Waals surface area (Å²) in [4.78, 5) is 15.4. The first-order valence-electron chi connectivity index (χ1n) is 5.93. The molecular weight excluding hydrogens is 262 g/mol. The Morgan fingerprint density at radius 3 is 3.05 bits per heavy atom. The summed E-state index contributed by atoms with van der Waals surface area (Å²) in [5, 5.41) is 12.0. The Bertz CT molecular complexity index is 565. The van der Waals surface area contributed by atoms with Gasteiger partial charge >= 0.3 is 5.97 Å². The summed E-state index contributed by atoms with van der Waals surface area (Å²) in [6.07, 6.45) is 1.47. The van der Waals surface area contributed by atoms with Gasteiger partial charge in [0, 0.05) is 25.3 Å². The first-order valence-corrected chi connectivity index (χ1v) is 6.81. The van der Waals surface area contributed by atoms with Gasteiger partial charge in [0.15, 0.2) is 0 Å². The number of aromatic nitrogens is 1. The van der Waals surface area contributed by atoms with Crippen LogP contribution in [0.15, 0.2) is 29.6 Å². The zero-order chi connectivity index (χ0) is 13.7. The Balaban J connectivity index is 2.06. The van der Waals surface area contributed by atoms with Crippen molar-refractivity contribution < 1.29 is 14.6 Å². The maximum absolute atomic E-state index is 10.9. The molecule has 5 heteroatoms. The lowest BCUT2D eigenvalue weighted by Crippen LogP contribution is -1.98. The van der Waals surface area contributed by atoms with Crippen LogP contribution in [-0.2, 0) is 17.6 Å². The van der Waals surface area contributed by atoms with Crippen molar-refractivity contribution in [2.45, 2.75) is 12.8 Å². The molecule has 0 aliphatic carbocycles. The molecule has 0 bridgehead atoms. The average molecular weight is 277 g/mol. The third-order valence-electron chi connectivity index (χ3n) is 2.69. The Morgan fingerprint density at radius 1 is 1.47 bits per heavy atom. The number of hydrogen-bond acceptors (Lipinski definition) is 4. The summed E-state index contributed by atoms with van der Waals surface area (Å²) in [5.74, 6) is -0.901. The number of rotatable bonds is 6. The molecule has 2 rings (SSSR count). The summed E-state index contributed by atoms with van der Waals surface area (Å²) < 4.78 is 5.01. The van der Waals surface area contributed by atoms with Gasteiger partial charge in [-0.15, -0.1) is 11.3 Å². The SMILES string of the molecule is COCCc1csc(Cc2cccc(C(=O)O)c2)n1. The molecule has 4 nitrogen and oxygen atoms in total. The van der Waals surface area contributed by atoms with E-state index < -0.39 is 5.97 Å². The molecule has 1 aromatic carbocycles. The quantitative estimate of drug-likeness (QED) is 0.881. The fourth-order valence-electron chi connectivity index (χ4n) is 1.74. The van der Waals surface area contributed by atoms with Gasteiger partial charge in [-0.1, -0.05) is 12.1 Å². The highest BCUT2D eigenvalue weighted by Crippen LogP contribution is 2.16. The minimum absolute atomic E-state index is 0.314. The molecule has 0 aliphatic heterocycles. The van der Waals surface area contributed by atoms with Gasteiger partial charge in [0.25, 0.3) is 0 Å². The fourth-order valence-corrected chi connectivity index (χ4v) is 2.60. The average Bonchev–Trinajstić information content (AvgIpc) is 2.84. The predicted octanol–water partition coefficient (Wildman–Crippen LogP) is 2.62. The Hall–Kier alpha value is -1.72. The molecule has 1 N–H and O–H groups in total. The normalized spacial score (nSPS) is 10.6. The Morgan fingerprint density at radius 2 is 2.32 bits per heavy atom. The fraction of sp³-hybridized carbons (Fsp3) is 0.286. The molecule has 0 unspecified atom stereocenters. The van der Waals surface area contributed by atoms with Crippen molar-refractivity contribution in [3.63, 3.8) is 0 Å². The number of thiazole rings is 1. The van der Waals surface area contributed by atoms with Crippen LogP contribution < -0.4 is 0 Å². The summed E-state index contributed by atoms with van der Waals surface area (Å²) in [5.41, 5.74) is 2.30. The van der Waals surface area contributed by atoms with Crippen LogP contribution >= 0.6 is 11.3 Å². The van der Waals surface area contributed by atoms with Crippen molar-refractivity contribution in [1.29, 1.82) is 0 Å². The molecule has 0 aliphatic rings. The summed E-state index contributed by atoms with van der Waals surface area (Å²) in [7, 11) is 1.67. The lowest BCUT2D eigenvalue weighted by molar-refractivity contribution is 0.0697. The number of carboxylic acid groups (broad SMARTS) is 1. The van der Waals surface area contributed by atoms with Crippen LogP contribution in [0.4, 0.5) is 0 Å². The molecule has 0 fully saturated rings. The molecule has 0 saturated carbocycles. The third kappa shape index (κ3) is 3.87. The van der Waals surface area contributed by atoms with Crippen molar-refractivity contribution in [1.82, 2.24) is 4.98 Å². The molecule has 1 heterocycles. The van der Waals surface area contributed by atoms with E-state index in [4.69, 9.17) is 9.84 Å². The van der Waals surface area contributed by atoms with E-state index in [0.29, 0.717) is 18.6 Å². The van der Waals surface area contributed by atoms with Crippen molar-refractivity contribution in [2.24, 2.45) is 0 Å². The summed E-state index contributed by atoms with van der Waals surface area (Å²) in [6, 6.07) is 6.97. The van der Waals surface area contributed by atoms with Gasteiger partial charge in [0.05, 0.1) is 22.9 Å². The number of aromatic carboxylic acids is 1. The number of ether oxygens (including phenoxy) is 1. The maximum Gasteiger partial charge on any atom is 0.335 e. The van der Waals surface area contributed by atoms with Crippen molar-refractivity contribution in [3.05, 3.63) is 51.5 Å². The molecule has 1 aromatic heterocycles. The van der Waals surface area contributed by atoms with Crippen LogP contribution in [0.25, 0.3) is 0 Å². The van der Waals surface area contributed by atoms with Gasteiger partial charge in [-0.2, -0.15) is 0 Å². The van der Waals surface area contributed by atoms with E-state index in [2.05, 4.69) is 4.98 Å². The van der Waals surface area contributed by atoms with Gasteiger partial charge in [0.1, 0.15) is 0 Å². The molecule has 2 aromatic rings. The number of methoxy groups -OCH3 is 1. The van der Waals surface area contributed by atoms with E-state index in [1.54, 1.807) is 36.6 Å². The topological polar surface area (TPSA) is 59.4 Å².